The average Bonchev–Trinajstić information content (AvgIpc) is 3.42. The van der Waals surface area contributed by atoms with Crippen LogP contribution in [0, 0.1) is 5.92 Å². The number of nitrogens with one attached hydrogen (secondary N) is 1. The van der Waals surface area contributed by atoms with Crippen LogP contribution < -0.4 is 5.32 Å². The second-order valence-corrected chi connectivity index (χ2v) is 12.6. The molecule has 0 bridgehead atoms. The standard InChI is InChI=1S/C27H29N5O2S2/c33-23-11-16-4-6-18(12-21(16)35-23)30-25-24-20-7-5-17(10-22(20)36-26(24)29-15-28-25)27(34)32-13-19(14-32)31-8-2-1-3-9-31/h4,6,12,15,17,19H,1-3,5,7-11,13-14H2,(H,28,29,30). The molecule has 0 radical (unpaired) electrons. The molecule has 36 heavy (non-hydrogen) atoms. The zero-order chi connectivity index (χ0) is 24.2. The number of aromatic nitrogens is 2. The summed E-state index contributed by atoms with van der Waals surface area (Å²) < 4.78 is 0. The summed E-state index contributed by atoms with van der Waals surface area (Å²) in [7, 11) is 0. The first kappa shape index (κ1) is 22.7. The first-order valence-corrected chi connectivity index (χ1v) is 14.6. The van der Waals surface area contributed by atoms with Crippen LogP contribution in [0.15, 0.2) is 29.4 Å². The van der Waals surface area contributed by atoms with Crippen LogP contribution in [-0.4, -0.2) is 63.0 Å². The SMILES string of the molecule is O=C1Cc2ccc(Nc3ncnc4sc5c(c34)CCC(C(=O)N3CC(N4CCCCC4)C3)C5)cc2S1. The van der Waals surface area contributed by atoms with Crippen molar-refractivity contribution in [3.63, 3.8) is 0 Å². The number of carbonyl (C=O) groups is 2. The Morgan fingerprint density at radius 3 is 2.83 bits per heavy atom. The molecule has 1 unspecified atom stereocenters. The summed E-state index contributed by atoms with van der Waals surface area (Å²) in [5, 5.41) is 4.77. The van der Waals surface area contributed by atoms with Gasteiger partial charge in [0.15, 0.2) is 5.12 Å². The molecule has 0 spiro atoms. The van der Waals surface area contributed by atoms with Crippen LogP contribution in [0.4, 0.5) is 11.5 Å². The number of piperidine rings is 1. The van der Waals surface area contributed by atoms with Gasteiger partial charge in [0.05, 0.1) is 5.39 Å². The Labute approximate surface area is 218 Å². The lowest BCUT2D eigenvalue weighted by Gasteiger charge is -2.47. The fraction of sp³-hybridized carbons (Fsp3) is 0.481. The maximum atomic E-state index is 13.3. The molecule has 2 aromatic heterocycles. The van der Waals surface area contributed by atoms with E-state index in [0.29, 0.717) is 18.4 Å². The number of likely N-dealkylation sites (tertiary alicyclic amines) is 2. The minimum Gasteiger partial charge on any atom is -0.340 e. The van der Waals surface area contributed by atoms with Crippen LogP contribution in [0.25, 0.3) is 10.2 Å². The molecular weight excluding hydrogens is 490 g/mol. The second kappa shape index (κ2) is 9.11. The number of carbonyl (C=O) groups excluding carboxylic acids is 2. The first-order valence-electron chi connectivity index (χ1n) is 13.0. The highest BCUT2D eigenvalue weighted by Gasteiger charge is 2.39. The molecule has 0 saturated carbocycles. The average molecular weight is 520 g/mol. The van der Waals surface area contributed by atoms with Gasteiger partial charge in [-0.05, 0) is 68.5 Å². The number of thiophene rings is 1. The molecule has 3 aromatic rings. The molecule has 2 fully saturated rings. The largest absolute Gasteiger partial charge is 0.340 e. The number of aryl methyl sites for hydroxylation is 1. The van der Waals surface area contributed by atoms with Crippen LogP contribution in [0.2, 0.25) is 0 Å². The third-order valence-corrected chi connectivity index (χ3v) is 10.3. The van der Waals surface area contributed by atoms with Crippen molar-refractivity contribution in [3.8, 4) is 0 Å². The second-order valence-electron chi connectivity index (χ2n) is 10.4. The lowest BCUT2D eigenvalue weighted by Crippen LogP contribution is -2.63. The van der Waals surface area contributed by atoms with Crippen molar-refractivity contribution in [1.82, 2.24) is 19.8 Å². The Morgan fingerprint density at radius 2 is 1.97 bits per heavy atom. The number of benzene rings is 1. The molecule has 186 valence electrons. The minimum absolute atomic E-state index is 0.0727. The Kier molecular flexibility index (Phi) is 5.74. The fourth-order valence-electron chi connectivity index (χ4n) is 6.15. The Bertz CT molecular complexity index is 1360. The van der Waals surface area contributed by atoms with Gasteiger partial charge in [-0.15, -0.1) is 11.3 Å². The summed E-state index contributed by atoms with van der Waals surface area (Å²) >= 11 is 3.02. The van der Waals surface area contributed by atoms with E-state index < -0.39 is 0 Å². The van der Waals surface area contributed by atoms with Crippen molar-refractivity contribution < 1.29 is 9.59 Å². The normalized spacial score (nSPS) is 22.4. The Morgan fingerprint density at radius 1 is 1.11 bits per heavy atom. The number of anilines is 2. The predicted molar refractivity (Wildman–Crippen MR) is 143 cm³/mol. The first-order chi connectivity index (χ1) is 17.6. The number of nitrogens with zero attached hydrogens (tertiary/aromatic N) is 4. The van der Waals surface area contributed by atoms with Crippen LogP contribution in [0.1, 0.15) is 41.7 Å². The van der Waals surface area contributed by atoms with Gasteiger partial charge in [-0.3, -0.25) is 14.5 Å². The van der Waals surface area contributed by atoms with Gasteiger partial charge in [0.25, 0.3) is 0 Å². The fourth-order valence-corrected chi connectivity index (χ4v) is 8.35. The highest BCUT2D eigenvalue weighted by atomic mass is 32.2. The van der Waals surface area contributed by atoms with Gasteiger partial charge in [0.1, 0.15) is 17.0 Å². The molecule has 5 heterocycles. The molecule has 1 amide bonds. The van der Waals surface area contributed by atoms with E-state index in [2.05, 4.69) is 25.1 Å². The Balaban J connectivity index is 1.07. The van der Waals surface area contributed by atoms with Crippen molar-refractivity contribution in [2.75, 3.05) is 31.5 Å². The van der Waals surface area contributed by atoms with Crippen molar-refractivity contribution in [2.45, 2.75) is 55.9 Å². The summed E-state index contributed by atoms with van der Waals surface area (Å²) in [6, 6.07) is 6.65. The van der Waals surface area contributed by atoms with Crippen LogP contribution in [-0.2, 0) is 28.9 Å². The van der Waals surface area contributed by atoms with E-state index in [1.165, 1.54) is 54.6 Å². The van der Waals surface area contributed by atoms with Gasteiger partial charge in [0, 0.05) is 46.9 Å². The van der Waals surface area contributed by atoms with Gasteiger partial charge < -0.3 is 10.2 Å². The lowest BCUT2D eigenvalue weighted by atomic mass is 9.86. The van der Waals surface area contributed by atoms with Gasteiger partial charge in [-0.25, -0.2) is 9.97 Å². The van der Waals surface area contributed by atoms with Crippen LogP contribution in [0.3, 0.4) is 0 Å². The summed E-state index contributed by atoms with van der Waals surface area (Å²) in [5.41, 5.74) is 3.32. The van der Waals surface area contributed by atoms with E-state index >= 15 is 0 Å². The molecule has 7 rings (SSSR count). The van der Waals surface area contributed by atoms with E-state index in [0.717, 1.165) is 64.5 Å². The van der Waals surface area contributed by atoms with Gasteiger partial charge in [-0.2, -0.15) is 0 Å². The monoisotopic (exact) mass is 519 g/mol. The topological polar surface area (TPSA) is 78.4 Å². The maximum Gasteiger partial charge on any atom is 0.226 e. The van der Waals surface area contributed by atoms with Crippen molar-refractivity contribution in [2.24, 2.45) is 5.92 Å². The summed E-state index contributed by atoms with van der Waals surface area (Å²) in [5.74, 6) is 1.22. The van der Waals surface area contributed by atoms with E-state index in [4.69, 9.17) is 0 Å². The Hall–Kier alpha value is -2.49. The number of amides is 1. The zero-order valence-electron chi connectivity index (χ0n) is 20.2. The zero-order valence-corrected chi connectivity index (χ0v) is 21.8. The van der Waals surface area contributed by atoms with Crippen molar-refractivity contribution >= 4 is 55.8 Å². The van der Waals surface area contributed by atoms with E-state index in [1.54, 1.807) is 17.7 Å². The summed E-state index contributed by atoms with van der Waals surface area (Å²) in [6.45, 7) is 4.19. The van der Waals surface area contributed by atoms with Gasteiger partial charge in [0.2, 0.25) is 5.91 Å². The summed E-state index contributed by atoms with van der Waals surface area (Å²) in [4.78, 5) is 42.2. The van der Waals surface area contributed by atoms with E-state index in [-0.39, 0.29) is 11.0 Å². The number of rotatable bonds is 4. The van der Waals surface area contributed by atoms with Crippen molar-refractivity contribution in [1.29, 1.82) is 0 Å². The number of hydrogen-bond donors (Lipinski definition) is 1. The van der Waals surface area contributed by atoms with E-state index in [1.807, 2.05) is 18.2 Å². The number of hydrogen-bond acceptors (Lipinski definition) is 8. The minimum atomic E-state index is 0.0727. The van der Waals surface area contributed by atoms with Crippen molar-refractivity contribution in [3.05, 3.63) is 40.5 Å². The molecule has 4 aliphatic rings. The molecule has 2 saturated heterocycles. The molecule has 1 aromatic carbocycles. The molecule has 3 aliphatic heterocycles. The highest BCUT2D eigenvalue weighted by molar-refractivity contribution is 8.14. The van der Waals surface area contributed by atoms with Gasteiger partial charge >= 0.3 is 0 Å². The van der Waals surface area contributed by atoms with Crippen LogP contribution >= 0.6 is 23.1 Å². The van der Waals surface area contributed by atoms with Gasteiger partial charge in [-0.1, -0.05) is 24.2 Å². The molecular formula is C27H29N5O2S2. The molecule has 9 heteroatoms. The molecule has 7 nitrogen and oxygen atoms in total. The smallest absolute Gasteiger partial charge is 0.226 e. The van der Waals surface area contributed by atoms with Crippen LogP contribution in [0.5, 0.6) is 0 Å². The quantitative estimate of drug-likeness (QED) is 0.547. The summed E-state index contributed by atoms with van der Waals surface area (Å²) in [6.07, 6.45) is 8.63. The molecule has 1 N–H and O–H groups in total. The predicted octanol–water partition coefficient (Wildman–Crippen LogP) is 4.41. The highest BCUT2D eigenvalue weighted by Crippen LogP contribution is 2.42. The number of fused-ring (bicyclic) bond motifs is 4. The lowest BCUT2D eigenvalue weighted by molar-refractivity contribution is -0.143. The molecule has 1 aliphatic carbocycles. The molecule has 1 atom stereocenters. The maximum absolute atomic E-state index is 13.3. The third kappa shape index (κ3) is 4.01. The number of thioether (sulfide) groups is 1. The van der Waals surface area contributed by atoms with E-state index in [9.17, 15) is 9.59 Å². The third-order valence-electron chi connectivity index (χ3n) is 8.16.